The van der Waals surface area contributed by atoms with Crippen LogP contribution in [0.5, 0.6) is 0 Å². The van der Waals surface area contributed by atoms with Crippen molar-refractivity contribution in [2.45, 2.75) is 39.2 Å². The summed E-state index contributed by atoms with van der Waals surface area (Å²) in [4.78, 5) is 11.8. The number of hydrogen-bond donors (Lipinski definition) is 2. The van der Waals surface area contributed by atoms with Gasteiger partial charge in [0.2, 0.25) is 5.91 Å². The lowest BCUT2D eigenvalue weighted by Gasteiger charge is -2.32. The molecule has 0 saturated heterocycles. The molecular weight excluding hydrogens is 208 g/mol. The number of amides is 1. The Labute approximate surface area is 97.6 Å². The zero-order valence-corrected chi connectivity index (χ0v) is 11.1. The lowest BCUT2D eigenvalue weighted by Crippen LogP contribution is -2.54. The predicted molar refractivity (Wildman–Crippen MR) is 68.1 cm³/mol. The molecule has 0 radical (unpaired) electrons. The van der Waals surface area contributed by atoms with Gasteiger partial charge < -0.3 is 11.1 Å². The van der Waals surface area contributed by atoms with E-state index in [9.17, 15) is 4.79 Å². The van der Waals surface area contributed by atoms with Crippen molar-refractivity contribution in [3.63, 3.8) is 0 Å². The van der Waals surface area contributed by atoms with E-state index in [1.807, 2.05) is 13.2 Å². The van der Waals surface area contributed by atoms with Crippen molar-refractivity contribution in [3.8, 4) is 0 Å². The minimum absolute atomic E-state index is 0.0593. The monoisotopic (exact) mass is 232 g/mol. The molecule has 0 aromatic heterocycles. The van der Waals surface area contributed by atoms with Gasteiger partial charge in [-0.05, 0) is 19.1 Å². The molecule has 4 heteroatoms. The Balaban J connectivity index is 4.34. The van der Waals surface area contributed by atoms with Crippen LogP contribution in [0.4, 0.5) is 0 Å². The van der Waals surface area contributed by atoms with Gasteiger partial charge in [-0.1, -0.05) is 20.8 Å². The Morgan fingerprint density at radius 3 is 2.33 bits per heavy atom. The van der Waals surface area contributed by atoms with E-state index < -0.39 is 0 Å². The van der Waals surface area contributed by atoms with Crippen LogP contribution in [-0.2, 0) is 4.79 Å². The second kappa shape index (κ2) is 7.12. The van der Waals surface area contributed by atoms with E-state index in [0.29, 0.717) is 6.54 Å². The molecule has 1 atom stereocenters. The first-order chi connectivity index (χ1) is 7.05. The smallest absolute Gasteiger partial charge is 0.224 e. The predicted octanol–water partition coefficient (Wildman–Crippen LogP) is 1.62. The summed E-state index contributed by atoms with van der Waals surface area (Å²) in [5.74, 6) is 1.04. The van der Waals surface area contributed by atoms with E-state index in [1.54, 1.807) is 11.8 Å². The first-order valence-corrected chi connectivity index (χ1v) is 6.95. The average Bonchev–Trinajstić information content (AvgIpc) is 2.26. The molecular formula is C11H24N2OS. The molecule has 0 bridgehead atoms. The van der Waals surface area contributed by atoms with E-state index >= 15 is 0 Å². The Morgan fingerprint density at radius 2 is 2.00 bits per heavy atom. The van der Waals surface area contributed by atoms with Crippen molar-refractivity contribution in [2.24, 2.45) is 11.7 Å². The van der Waals surface area contributed by atoms with Gasteiger partial charge in [0, 0.05) is 18.2 Å². The Bertz CT molecular complexity index is 185. The van der Waals surface area contributed by atoms with Crippen molar-refractivity contribution in [3.05, 3.63) is 0 Å². The van der Waals surface area contributed by atoms with Crippen molar-refractivity contribution in [2.75, 3.05) is 18.6 Å². The largest absolute Gasteiger partial charge is 0.349 e. The minimum Gasteiger partial charge on any atom is -0.349 e. The summed E-state index contributed by atoms with van der Waals surface area (Å²) in [5, 5.41) is 3.09. The van der Waals surface area contributed by atoms with Crippen LogP contribution in [0.2, 0.25) is 0 Å². The van der Waals surface area contributed by atoms with E-state index in [-0.39, 0.29) is 17.4 Å². The van der Waals surface area contributed by atoms with Gasteiger partial charge in [0.25, 0.3) is 0 Å². The standard InChI is InChI=1S/C11H24N2OS/c1-5-11(6-2,8-12)13-10(14)9(3)7-15-4/h9H,5-8,12H2,1-4H3,(H,13,14). The molecule has 0 heterocycles. The number of hydrogen-bond acceptors (Lipinski definition) is 3. The molecule has 0 aliphatic rings. The van der Waals surface area contributed by atoms with Crippen LogP contribution in [0, 0.1) is 5.92 Å². The van der Waals surface area contributed by atoms with Crippen LogP contribution in [-0.4, -0.2) is 30.0 Å². The van der Waals surface area contributed by atoms with Crippen LogP contribution >= 0.6 is 11.8 Å². The van der Waals surface area contributed by atoms with Crippen molar-refractivity contribution in [1.82, 2.24) is 5.32 Å². The zero-order chi connectivity index (χ0) is 11.9. The summed E-state index contributed by atoms with van der Waals surface area (Å²) in [6.07, 6.45) is 3.79. The first kappa shape index (κ1) is 14.8. The van der Waals surface area contributed by atoms with Gasteiger partial charge in [-0.2, -0.15) is 11.8 Å². The first-order valence-electron chi connectivity index (χ1n) is 5.56. The average molecular weight is 232 g/mol. The highest BCUT2D eigenvalue weighted by atomic mass is 32.2. The molecule has 90 valence electrons. The maximum Gasteiger partial charge on any atom is 0.224 e. The van der Waals surface area contributed by atoms with E-state index in [2.05, 4.69) is 19.2 Å². The van der Waals surface area contributed by atoms with Gasteiger partial charge in [0.15, 0.2) is 0 Å². The Kier molecular flexibility index (Phi) is 7.02. The van der Waals surface area contributed by atoms with Crippen LogP contribution in [0.15, 0.2) is 0 Å². The maximum absolute atomic E-state index is 11.8. The molecule has 0 aliphatic carbocycles. The molecule has 0 aromatic carbocycles. The second-order valence-corrected chi connectivity index (χ2v) is 4.95. The molecule has 3 N–H and O–H groups in total. The molecule has 15 heavy (non-hydrogen) atoms. The van der Waals surface area contributed by atoms with Crippen molar-refractivity contribution in [1.29, 1.82) is 0 Å². The van der Waals surface area contributed by atoms with Crippen LogP contribution in [0.3, 0.4) is 0 Å². The van der Waals surface area contributed by atoms with Crippen LogP contribution < -0.4 is 11.1 Å². The van der Waals surface area contributed by atoms with E-state index in [0.717, 1.165) is 18.6 Å². The quantitative estimate of drug-likeness (QED) is 0.701. The highest BCUT2D eigenvalue weighted by molar-refractivity contribution is 7.98. The molecule has 0 rings (SSSR count). The molecule has 0 aliphatic heterocycles. The summed E-state index contributed by atoms with van der Waals surface area (Å²) in [5.41, 5.74) is 5.53. The fraction of sp³-hybridized carbons (Fsp3) is 0.909. The van der Waals surface area contributed by atoms with Crippen LogP contribution in [0.1, 0.15) is 33.6 Å². The number of nitrogens with one attached hydrogen (secondary N) is 1. The highest BCUT2D eigenvalue weighted by Crippen LogP contribution is 2.15. The molecule has 0 fully saturated rings. The number of carbonyl (C=O) groups excluding carboxylic acids is 1. The zero-order valence-electron chi connectivity index (χ0n) is 10.3. The highest BCUT2D eigenvalue weighted by Gasteiger charge is 2.27. The van der Waals surface area contributed by atoms with Crippen molar-refractivity contribution < 1.29 is 4.79 Å². The van der Waals surface area contributed by atoms with Gasteiger partial charge in [-0.3, -0.25) is 4.79 Å². The molecule has 0 aromatic rings. The maximum atomic E-state index is 11.8. The lowest BCUT2D eigenvalue weighted by atomic mass is 9.92. The van der Waals surface area contributed by atoms with E-state index in [4.69, 9.17) is 5.73 Å². The number of nitrogens with two attached hydrogens (primary N) is 1. The normalized spacial score (nSPS) is 13.7. The molecule has 0 saturated carbocycles. The molecule has 1 amide bonds. The van der Waals surface area contributed by atoms with Gasteiger partial charge in [-0.15, -0.1) is 0 Å². The lowest BCUT2D eigenvalue weighted by molar-refractivity contribution is -0.125. The van der Waals surface area contributed by atoms with Gasteiger partial charge >= 0.3 is 0 Å². The van der Waals surface area contributed by atoms with Gasteiger partial charge in [0.1, 0.15) is 0 Å². The third kappa shape index (κ3) is 4.43. The molecule has 3 nitrogen and oxygen atoms in total. The summed E-state index contributed by atoms with van der Waals surface area (Å²) in [6.45, 7) is 6.60. The SMILES string of the molecule is CCC(CC)(CN)NC(=O)C(C)CSC. The number of carbonyl (C=O) groups is 1. The van der Waals surface area contributed by atoms with E-state index in [1.165, 1.54) is 0 Å². The summed E-state index contributed by atoms with van der Waals surface area (Å²) >= 11 is 1.69. The summed E-state index contributed by atoms with van der Waals surface area (Å²) < 4.78 is 0. The second-order valence-electron chi connectivity index (χ2n) is 4.04. The third-order valence-corrected chi connectivity index (χ3v) is 3.83. The number of rotatable bonds is 7. The topological polar surface area (TPSA) is 55.1 Å². The summed E-state index contributed by atoms with van der Waals surface area (Å²) in [6, 6.07) is 0. The van der Waals surface area contributed by atoms with Gasteiger partial charge in [-0.25, -0.2) is 0 Å². The Morgan fingerprint density at radius 1 is 1.47 bits per heavy atom. The fourth-order valence-corrected chi connectivity index (χ4v) is 2.13. The fourth-order valence-electron chi connectivity index (χ4n) is 1.48. The van der Waals surface area contributed by atoms with Crippen LogP contribution in [0.25, 0.3) is 0 Å². The van der Waals surface area contributed by atoms with Crippen molar-refractivity contribution >= 4 is 17.7 Å². The molecule has 1 unspecified atom stereocenters. The summed E-state index contributed by atoms with van der Waals surface area (Å²) in [7, 11) is 0. The van der Waals surface area contributed by atoms with Gasteiger partial charge in [0.05, 0.1) is 5.54 Å². The Hall–Kier alpha value is -0.220. The third-order valence-electron chi connectivity index (χ3n) is 3.00. The number of thioether (sulfide) groups is 1. The minimum atomic E-state index is -0.205. The molecule has 0 spiro atoms.